The number of fused-ring (bicyclic) bond motifs is 1. The Kier molecular flexibility index (Phi) is 3.22. The summed E-state index contributed by atoms with van der Waals surface area (Å²) < 4.78 is 5.97. The first kappa shape index (κ1) is 13.1. The van der Waals surface area contributed by atoms with Crippen molar-refractivity contribution in [2.24, 2.45) is 0 Å². The maximum Gasteiger partial charge on any atom is 0.154 e. The zero-order valence-electron chi connectivity index (χ0n) is 11.7. The number of hydrogen-bond donors (Lipinski definition) is 0. The van der Waals surface area contributed by atoms with Crippen molar-refractivity contribution in [3.05, 3.63) is 46.4 Å². The van der Waals surface area contributed by atoms with Gasteiger partial charge >= 0.3 is 0 Å². The van der Waals surface area contributed by atoms with Gasteiger partial charge in [-0.1, -0.05) is 36.7 Å². The van der Waals surface area contributed by atoms with Gasteiger partial charge < -0.3 is 4.42 Å². The van der Waals surface area contributed by atoms with Gasteiger partial charge in [-0.05, 0) is 25.5 Å². The van der Waals surface area contributed by atoms with E-state index in [9.17, 15) is 0 Å². The van der Waals surface area contributed by atoms with Crippen molar-refractivity contribution in [2.45, 2.75) is 27.2 Å². The molecule has 3 nitrogen and oxygen atoms in total. The lowest BCUT2D eigenvalue weighted by molar-refractivity contribution is 0.624. The summed E-state index contributed by atoms with van der Waals surface area (Å²) in [7, 11) is 0. The minimum atomic E-state index is 0.490. The lowest BCUT2D eigenvalue weighted by Gasteiger charge is -2.05. The zero-order valence-corrected chi connectivity index (χ0v) is 12.5. The average Bonchev–Trinajstić information content (AvgIpc) is 2.87. The van der Waals surface area contributed by atoms with Gasteiger partial charge in [0.15, 0.2) is 5.76 Å². The molecule has 0 N–H and O–H groups in total. The molecule has 2 heterocycles. The standard InChI is InChI=1S/C16H15ClN2O/c1-4-13-18-14(10(3)16(17)19-13)12-8-11-7-5-6-9(2)15(11)20-12/h5-8H,4H2,1-3H3. The molecule has 0 aliphatic heterocycles. The van der Waals surface area contributed by atoms with Crippen molar-refractivity contribution in [1.29, 1.82) is 0 Å². The van der Waals surface area contributed by atoms with Gasteiger partial charge in [-0.15, -0.1) is 0 Å². The summed E-state index contributed by atoms with van der Waals surface area (Å²) in [6, 6.07) is 8.10. The van der Waals surface area contributed by atoms with Crippen LogP contribution in [0.3, 0.4) is 0 Å². The van der Waals surface area contributed by atoms with Crippen molar-refractivity contribution in [3.8, 4) is 11.5 Å². The number of hydrogen-bond acceptors (Lipinski definition) is 3. The molecule has 1 aromatic carbocycles. The van der Waals surface area contributed by atoms with Gasteiger partial charge in [0.25, 0.3) is 0 Å². The van der Waals surface area contributed by atoms with Crippen LogP contribution < -0.4 is 0 Å². The van der Waals surface area contributed by atoms with Crippen LogP contribution in [0.2, 0.25) is 5.15 Å². The summed E-state index contributed by atoms with van der Waals surface area (Å²) in [5.41, 5.74) is 3.63. The number of aromatic nitrogens is 2. The number of nitrogens with zero attached hydrogens (tertiary/aromatic N) is 2. The summed E-state index contributed by atoms with van der Waals surface area (Å²) >= 11 is 6.18. The molecule has 20 heavy (non-hydrogen) atoms. The van der Waals surface area contributed by atoms with E-state index in [1.807, 2.05) is 45.0 Å². The summed E-state index contributed by atoms with van der Waals surface area (Å²) in [4.78, 5) is 8.82. The van der Waals surface area contributed by atoms with Crippen molar-refractivity contribution < 1.29 is 4.42 Å². The highest BCUT2D eigenvalue weighted by Crippen LogP contribution is 2.32. The van der Waals surface area contributed by atoms with E-state index in [1.165, 1.54) is 0 Å². The third kappa shape index (κ3) is 2.08. The molecular weight excluding hydrogens is 272 g/mol. The second-order valence-electron chi connectivity index (χ2n) is 4.86. The smallest absolute Gasteiger partial charge is 0.154 e. The van der Waals surface area contributed by atoms with Crippen LogP contribution in [0.15, 0.2) is 28.7 Å². The molecule has 0 fully saturated rings. The largest absolute Gasteiger partial charge is 0.454 e. The van der Waals surface area contributed by atoms with E-state index in [-0.39, 0.29) is 0 Å². The summed E-state index contributed by atoms with van der Waals surface area (Å²) in [5, 5.41) is 1.57. The molecule has 0 unspecified atom stereocenters. The maximum atomic E-state index is 6.18. The van der Waals surface area contributed by atoms with E-state index in [1.54, 1.807) is 0 Å². The topological polar surface area (TPSA) is 38.9 Å². The van der Waals surface area contributed by atoms with Gasteiger partial charge in [0.05, 0.1) is 0 Å². The lowest BCUT2D eigenvalue weighted by Crippen LogP contribution is -1.98. The monoisotopic (exact) mass is 286 g/mol. The SMILES string of the molecule is CCc1nc(Cl)c(C)c(-c2cc3cccc(C)c3o2)n1. The van der Waals surface area contributed by atoms with Crippen molar-refractivity contribution >= 4 is 22.6 Å². The molecule has 0 radical (unpaired) electrons. The Labute approximate surface area is 122 Å². The molecule has 0 amide bonds. The quantitative estimate of drug-likeness (QED) is 0.640. The summed E-state index contributed by atoms with van der Waals surface area (Å²) in [6.45, 7) is 5.96. The first-order chi connectivity index (χ1) is 9.60. The molecule has 0 saturated carbocycles. The van der Waals surface area contributed by atoms with Gasteiger partial charge in [-0.3, -0.25) is 0 Å². The molecule has 0 atom stereocenters. The fourth-order valence-electron chi connectivity index (χ4n) is 2.26. The Bertz CT molecular complexity index is 793. The Balaban J connectivity index is 2.25. The van der Waals surface area contributed by atoms with Gasteiger partial charge in [-0.2, -0.15) is 0 Å². The Morgan fingerprint density at radius 2 is 2.00 bits per heavy atom. The molecule has 0 bridgehead atoms. The molecule has 0 spiro atoms. The first-order valence-corrected chi connectivity index (χ1v) is 7.00. The number of aryl methyl sites for hydroxylation is 2. The van der Waals surface area contributed by atoms with Crippen LogP contribution in [0.25, 0.3) is 22.4 Å². The fraction of sp³-hybridized carbons (Fsp3) is 0.250. The molecule has 3 rings (SSSR count). The molecule has 3 aromatic rings. The number of para-hydroxylation sites is 1. The van der Waals surface area contributed by atoms with Gasteiger partial charge in [-0.25, -0.2) is 9.97 Å². The number of rotatable bonds is 2. The highest BCUT2D eigenvalue weighted by atomic mass is 35.5. The molecule has 0 aliphatic rings. The zero-order chi connectivity index (χ0) is 14.3. The van der Waals surface area contributed by atoms with E-state index >= 15 is 0 Å². The van der Waals surface area contributed by atoms with Crippen LogP contribution in [0.4, 0.5) is 0 Å². The average molecular weight is 287 g/mol. The number of benzene rings is 1. The van der Waals surface area contributed by atoms with E-state index in [0.717, 1.165) is 45.8 Å². The highest BCUT2D eigenvalue weighted by Gasteiger charge is 2.15. The van der Waals surface area contributed by atoms with Crippen LogP contribution in [-0.2, 0) is 6.42 Å². The predicted octanol–water partition coefficient (Wildman–Crippen LogP) is 4.72. The van der Waals surface area contributed by atoms with Crippen molar-refractivity contribution in [3.63, 3.8) is 0 Å². The second kappa shape index (κ2) is 4.91. The molecular formula is C16H15ClN2O. The van der Waals surface area contributed by atoms with Crippen LogP contribution >= 0.6 is 11.6 Å². The molecule has 0 saturated heterocycles. The first-order valence-electron chi connectivity index (χ1n) is 6.62. The van der Waals surface area contributed by atoms with Crippen LogP contribution in [0.1, 0.15) is 23.9 Å². The third-order valence-corrected chi connectivity index (χ3v) is 3.79. The number of furan rings is 1. The van der Waals surface area contributed by atoms with E-state index in [4.69, 9.17) is 16.0 Å². The molecule has 2 aromatic heterocycles. The van der Waals surface area contributed by atoms with Crippen LogP contribution in [-0.4, -0.2) is 9.97 Å². The lowest BCUT2D eigenvalue weighted by atomic mass is 10.1. The Hall–Kier alpha value is -1.87. The highest BCUT2D eigenvalue weighted by molar-refractivity contribution is 6.30. The minimum Gasteiger partial charge on any atom is -0.454 e. The van der Waals surface area contributed by atoms with Crippen molar-refractivity contribution in [1.82, 2.24) is 9.97 Å². The molecule has 4 heteroatoms. The van der Waals surface area contributed by atoms with Gasteiger partial charge in [0.1, 0.15) is 22.3 Å². The third-order valence-electron chi connectivity index (χ3n) is 3.42. The predicted molar refractivity (Wildman–Crippen MR) is 81.1 cm³/mol. The summed E-state index contributed by atoms with van der Waals surface area (Å²) in [5.74, 6) is 1.47. The van der Waals surface area contributed by atoms with Gasteiger partial charge in [0, 0.05) is 17.4 Å². The fourth-order valence-corrected chi connectivity index (χ4v) is 2.44. The number of halogens is 1. The normalized spacial score (nSPS) is 11.2. The minimum absolute atomic E-state index is 0.490. The molecule has 0 aliphatic carbocycles. The Morgan fingerprint density at radius 3 is 2.70 bits per heavy atom. The van der Waals surface area contributed by atoms with E-state index in [2.05, 4.69) is 9.97 Å². The van der Waals surface area contributed by atoms with Gasteiger partial charge in [0.2, 0.25) is 0 Å². The van der Waals surface area contributed by atoms with Crippen LogP contribution in [0, 0.1) is 13.8 Å². The maximum absolute atomic E-state index is 6.18. The van der Waals surface area contributed by atoms with E-state index < -0.39 is 0 Å². The second-order valence-corrected chi connectivity index (χ2v) is 5.22. The summed E-state index contributed by atoms with van der Waals surface area (Å²) in [6.07, 6.45) is 0.742. The molecule has 102 valence electrons. The van der Waals surface area contributed by atoms with E-state index in [0.29, 0.717) is 5.15 Å². The van der Waals surface area contributed by atoms with Crippen LogP contribution in [0.5, 0.6) is 0 Å². The van der Waals surface area contributed by atoms with Crippen molar-refractivity contribution in [2.75, 3.05) is 0 Å². The Morgan fingerprint density at radius 1 is 1.20 bits per heavy atom.